The third kappa shape index (κ3) is 3.92. The number of nitrogens with two attached hydrogens (primary N) is 1. The number of carbonyl (C=O) groups excluding carboxylic acids is 1. The van der Waals surface area contributed by atoms with E-state index in [4.69, 9.17) is 5.73 Å². The highest BCUT2D eigenvalue weighted by Crippen LogP contribution is 2.25. The molecular formula is C18H24N4O. The van der Waals surface area contributed by atoms with Gasteiger partial charge < -0.3 is 16.0 Å². The third-order valence-electron chi connectivity index (χ3n) is 4.31. The van der Waals surface area contributed by atoms with Crippen LogP contribution in [0.4, 0.5) is 5.69 Å². The number of amides is 1. The molecule has 5 nitrogen and oxygen atoms in total. The Bertz CT molecular complexity index is 673. The van der Waals surface area contributed by atoms with Gasteiger partial charge in [-0.25, -0.2) is 4.99 Å². The molecule has 5 heteroatoms. The van der Waals surface area contributed by atoms with Crippen LogP contribution in [0.15, 0.2) is 40.5 Å². The zero-order valence-corrected chi connectivity index (χ0v) is 13.8. The number of amidine groups is 1. The van der Waals surface area contributed by atoms with Gasteiger partial charge in [0, 0.05) is 37.2 Å². The molecule has 122 valence electrons. The fourth-order valence-electron chi connectivity index (χ4n) is 2.80. The van der Waals surface area contributed by atoms with Gasteiger partial charge in [-0.1, -0.05) is 12.1 Å². The van der Waals surface area contributed by atoms with E-state index in [1.54, 1.807) is 6.92 Å². The van der Waals surface area contributed by atoms with E-state index < -0.39 is 0 Å². The molecule has 2 aliphatic rings. The van der Waals surface area contributed by atoms with Crippen molar-refractivity contribution < 1.29 is 4.79 Å². The number of rotatable bonds is 4. The molecule has 3 rings (SSSR count). The van der Waals surface area contributed by atoms with Crippen LogP contribution < -0.4 is 11.1 Å². The molecule has 0 bridgehead atoms. The fraction of sp³-hybridized carbons (Fsp3) is 0.444. The van der Waals surface area contributed by atoms with E-state index >= 15 is 0 Å². The highest BCUT2D eigenvalue weighted by molar-refractivity contribution is 6.00. The molecule has 1 amide bonds. The van der Waals surface area contributed by atoms with E-state index in [1.807, 2.05) is 36.1 Å². The Morgan fingerprint density at radius 1 is 1.39 bits per heavy atom. The Morgan fingerprint density at radius 2 is 2.17 bits per heavy atom. The maximum atomic E-state index is 11.7. The molecule has 0 atom stereocenters. The van der Waals surface area contributed by atoms with Crippen LogP contribution in [0.25, 0.3) is 0 Å². The van der Waals surface area contributed by atoms with Crippen LogP contribution in [0.3, 0.4) is 0 Å². The number of aryl methyl sites for hydroxylation is 1. The monoisotopic (exact) mass is 312 g/mol. The fourth-order valence-corrected chi connectivity index (χ4v) is 2.80. The minimum atomic E-state index is 0.0799. The second-order valence-corrected chi connectivity index (χ2v) is 6.40. The van der Waals surface area contributed by atoms with E-state index in [1.165, 1.54) is 12.8 Å². The molecule has 1 aromatic rings. The first kappa shape index (κ1) is 15.6. The summed E-state index contributed by atoms with van der Waals surface area (Å²) in [6.45, 7) is 4.91. The van der Waals surface area contributed by atoms with Crippen molar-refractivity contribution in [3.63, 3.8) is 0 Å². The van der Waals surface area contributed by atoms with Crippen LogP contribution in [-0.4, -0.2) is 35.8 Å². The van der Waals surface area contributed by atoms with Crippen molar-refractivity contribution in [3.05, 3.63) is 41.1 Å². The Balaban J connectivity index is 1.89. The maximum absolute atomic E-state index is 11.7. The normalized spacial score (nSPS) is 19.0. The van der Waals surface area contributed by atoms with Gasteiger partial charge in [-0.3, -0.25) is 4.79 Å². The van der Waals surface area contributed by atoms with Gasteiger partial charge in [0.05, 0.1) is 12.2 Å². The molecule has 1 aliphatic carbocycles. The lowest BCUT2D eigenvalue weighted by molar-refractivity contribution is -0.128. The molecule has 1 saturated carbocycles. The molecule has 0 unspecified atom stereocenters. The first-order valence-electron chi connectivity index (χ1n) is 8.18. The van der Waals surface area contributed by atoms with E-state index in [0.717, 1.165) is 35.5 Å². The van der Waals surface area contributed by atoms with Crippen LogP contribution in [0.1, 0.15) is 31.7 Å². The molecule has 0 saturated heterocycles. The number of nitrogens with one attached hydrogen (secondary N) is 1. The van der Waals surface area contributed by atoms with Crippen molar-refractivity contribution in [3.8, 4) is 0 Å². The molecule has 1 aliphatic heterocycles. The molecule has 1 aromatic carbocycles. The lowest BCUT2D eigenvalue weighted by atomic mass is 10.0. The van der Waals surface area contributed by atoms with Crippen LogP contribution in [0.5, 0.6) is 0 Å². The van der Waals surface area contributed by atoms with Crippen LogP contribution in [-0.2, 0) is 4.79 Å². The van der Waals surface area contributed by atoms with Crippen molar-refractivity contribution in [2.45, 2.75) is 39.2 Å². The van der Waals surface area contributed by atoms with Gasteiger partial charge in [-0.15, -0.1) is 0 Å². The Morgan fingerprint density at radius 3 is 2.83 bits per heavy atom. The van der Waals surface area contributed by atoms with Crippen molar-refractivity contribution in [1.82, 2.24) is 10.2 Å². The first-order chi connectivity index (χ1) is 11.0. The summed E-state index contributed by atoms with van der Waals surface area (Å²) >= 11 is 0. The topological polar surface area (TPSA) is 70.7 Å². The second kappa shape index (κ2) is 6.44. The molecule has 0 radical (unpaired) electrons. The number of carbonyl (C=O) groups is 1. The number of nitrogens with zero attached hydrogens (tertiary/aromatic N) is 2. The summed E-state index contributed by atoms with van der Waals surface area (Å²) in [5.41, 5.74) is 10.4. The maximum Gasteiger partial charge on any atom is 0.219 e. The smallest absolute Gasteiger partial charge is 0.219 e. The van der Waals surface area contributed by atoms with Gasteiger partial charge in [-0.05, 0) is 37.5 Å². The number of hydrogen-bond donors (Lipinski definition) is 2. The van der Waals surface area contributed by atoms with Crippen molar-refractivity contribution in [1.29, 1.82) is 0 Å². The van der Waals surface area contributed by atoms with E-state index in [9.17, 15) is 4.79 Å². The highest BCUT2D eigenvalue weighted by Gasteiger charge is 2.28. The van der Waals surface area contributed by atoms with Gasteiger partial charge >= 0.3 is 0 Å². The summed E-state index contributed by atoms with van der Waals surface area (Å²) in [7, 11) is 0. The standard InChI is InChI=1S/C18H24N4O/c1-12-4-3-5-15(10-12)21-18(19)16-11-22(13(2)23)9-8-17(16)20-14-6-7-14/h3-5,10,14,20H,6-9,11H2,1-2H3,(H2,19,21). The summed E-state index contributed by atoms with van der Waals surface area (Å²) in [4.78, 5) is 18.1. The lowest BCUT2D eigenvalue weighted by Crippen LogP contribution is -2.41. The summed E-state index contributed by atoms with van der Waals surface area (Å²) in [6.07, 6.45) is 3.24. The Labute approximate surface area is 137 Å². The van der Waals surface area contributed by atoms with Gasteiger partial charge in [0.2, 0.25) is 5.91 Å². The molecule has 0 aromatic heterocycles. The minimum absolute atomic E-state index is 0.0799. The number of hydrogen-bond acceptors (Lipinski definition) is 3. The zero-order valence-electron chi connectivity index (χ0n) is 13.8. The average molecular weight is 312 g/mol. The molecule has 3 N–H and O–H groups in total. The second-order valence-electron chi connectivity index (χ2n) is 6.40. The summed E-state index contributed by atoms with van der Waals surface area (Å²) < 4.78 is 0. The first-order valence-corrected chi connectivity index (χ1v) is 8.18. The molecule has 23 heavy (non-hydrogen) atoms. The zero-order chi connectivity index (χ0) is 16.4. The van der Waals surface area contributed by atoms with Gasteiger partial charge in [0.15, 0.2) is 0 Å². The Kier molecular flexibility index (Phi) is 4.37. The summed E-state index contributed by atoms with van der Waals surface area (Å²) in [5, 5.41) is 3.56. The van der Waals surface area contributed by atoms with Gasteiger partial charge in [-0.2, -0.15) is 0 Å². The lowest BCUT2D eigenvalue weighted by Gasteiger charge is -2.30. The van der Waals surface area contributed by atoms with Crippen molar-refractivity contribution in [2.24, 2.45) is 10.7 Å². The van der Waals surface area contributed by atoms with Gasteiger partial charge in [0.1, 0.15) is 5.84 Å². The number of aliphatic imine (C=N–C) groups is 1. The minimum Gasteiger partial charge on any atom is -0.385 e. The third-order valence-corrected chi connectivity index (χ3v) is 4.31. The van der Waals surface area contributed by atoms with Crippen LogP contribution in [0, 0.1) is 6.92 Å². The van der Waals surface area contributed by atoms with Crippen molar-refractivity contribution >= 4 is 17.4 Å². The average Bonchev–Trinajstić information content (AvgIpc) is 3.31. The van der Waals surface area contributed by atoms with Gasteiger partial charge in [0.25, 0.3) is 0 Å². The molecular weight excluding hydrogens is 288 g/mol. The number of benzene rings is 1. The molecule has 1 heterocycles. The predicted octanol–water partition coefficient (Wildman–Crippen LogP) is 2.24. The van der Waals surface area contributed by atoms with Crippen LogP contribution in [0.2, 0.25) is 0 Å². The van der Waals surface area contributed by atoms with E-state index in [2.05, 4.69) is 10.3 Å². The Hall–Kier alpha value is -2.30. The predicted molar refractivity (Wildman–Crippen MR) is 92.5 cm³/mol. The SMILES string of the molecule is CC(=O)N1CCC(NC2CC2)=C(C(N)=Nc2cccc(C)c2)C1. The largest absolute Gasteiger partial charge is 0.385 e. The van der Waals surface area contributed by atoms with E-state index in [-0.39, 0.29) is 5.91 Å². The van der Waals surface area contributed by atoms with Crippen molar-refractivity contribution in [2.75, 3.05) is 13.1 Å². The molecule has 1 fully saturated rings. The molecule has 0 spiro atoms. The van der Waals surface area contributed by atoms with E-state index in [0.29, 0.717) is 18.4 Å². The van der Waals surface area contributed by atoms with Crippen LogP contribution >= 0.6 is 0 Å². The highest BCUT2D eigenvalue weighted by atomic mass is 16.2. The summed E-state index contributed by atoms with van der Waals surface area (Å²) in [5.74, 6) is 0.584. The summed E-state index contributed by atoms with van der Waals surface area (Å²) in [6, 6.07) is 8.53. The quantitative estimate of drug-likeness (QED) is 0.661.